The van der Waals surface area contributed by atoms with Crippen molar-refractivity contribution in [2.24, 2.45) is 5.41 Å². The summed E-state index contributed by atoms with van der Waals surface area (Å²) < 4.78 is 89.3. The van der Waals surface area contributed by atoms with Crippen LogP contribution in [0, 0.1) is 11.2 Å². The Hall–Kier alpha value is -3.53. The van der Waals surface area contributed by atoms with Crippen molar-refractivity contribution in [1.29, 1.82) is 0 Å². The number of aromatic nitrogens is 2. The Labute approximate surface area is 223 Å². The molecule has 0 spiro atoms. The number of alkyl halides is 6. The van der Waals surface area contributed by atoms with Crippen molar-refractivity contribution in [2.45, 2.75) is 44.3 Å². The molecule has 2 aliphatic rings. The fourth-order valence-corrected chi connectivity index (χ4v) is 4.16. The number of aliphatic carboxylic acids is 2. The molecule has 2 aromatic rings. The monoisotopic (exact) mass is 585 g/mol. The molecule has 0 saturated carbocycles. The lowest BCUT2D eigenvalue weighted by Crippen LogP contribution is -2.57. The molecule has 40 heavy (non-hydrogen) atoms. The molecule has 2 N–H and O–H groups in total. The van der Waals surface area contributed by atoms with Crippen LogP contribution in [-0.4, -0.2) is 81.8 Å². The maximum atomic E-state index is 13.9. The van der Waals surface area contributed by atoms with Crippen LogP contribution < -0.4 is 4.74 Å². The van der Waals surface area contributed by atoms with E-state index in [1.54, 1.807) is 12.3 Å². The van der Waals surface area contributed by atoms with Gasteiger partial charge in [-0.3, -0.25) is 9.88 Å². The first kappa shape index (κ1) is 32.7. The van der Waals surface area contributed by atoms with Crippen molar-refractivity contribution in [1.82, 2.24) is 14.9 Å². The number of carboxylic acid groups (broad SMARTS) is 2. The van der Waals surface area contributed by atoms with Gasteiger partial charge in [0.05, 0.1) is 12.7 Å². The van der Waals surface area contributed by atoms with Gasteiger partial charge in [0.15, 0.2) is 5.82 Å². The highest BCUT2D eigenvalue weighted by Crippen LogP contribution is 2.41. The molecule has 2 unspecified atom stereocenters. The Bertz CT molecular complexity index is 1080. The van der Waals surface area contributed by atoms with Crippen LogP contribution in [0.2, 0.25) is 0 Å². The van der Waals surface area contributed by atoms with Gasteiger partial charge in [0.25, 0.3) is 0 Å². The van der Waals surface area contributed by atoms with E-state index >= 15 is 0 Å². The van der Waals surface area contributed by atoms with E-state index in [1.807, 2.05) is 12.4 Å². The van der Waals surface area contributed by atoms with Crippen molar-refractivity contribution in [3.05, 3.63) is 54.2 Å². The summed E-state index contributed by atoms with van der Waals surface area (Å²) in [5.41, 5.74) is 1.13. The SMILES string of the molecule is Fc1cccnc1OCC12CCCOC1CCN(Cc1ccncc1)C2.O=C(O)C(F)(F)F.O=C(O)C(F)(F)F. The Morgan fingerprint density at radius 1 is 1.05 bits per heavy atom. The average Bonchev–Trinajstić information content (AvgIpc) is 2.88. The molecule has 0 amide bonds. The van der Waals surface area contributed by atoms with Crippen LogP contribution in [0.1, 0.15) is 24.8 Å². The predicted octanol–water partition coefficient (Wildman–Crippen LogP) is 4.33. The van der Waals surface area contributed by atoms with E-state index < -0.39 is 30.1 Å². The number of hydrogen-bond donors (Lipinski definition) is 2. The normalized spacial score (nSPS) is 21.0. The quantitative estimate of drug-likeness (QED) is 0.494. The van der Waals surface area contributed by atoms with Gasteiger partial charge in [0, 0.05) is 50.2 Å². The first-order chi connectivity index (χ1) is 18.6. The van der Waals surface area contributed by atoms with Crippen molar-refractivity contribution in [3.63, 3.8) is 0 Å². The van der Waals surface area contributed by atoms with E-state index in [1.165, 1.54) is 11.6 Å². The number of halogens is 7. The number of hydrogen-bond acceptors (Lipinski definition) is 7. The highest BCUT2D eigenvalue weighted by Gasteiger charge is 2.47. The molecule has 4 heterocycles. The first-order valence-corrected chi connectivity index (χ1v) is 11.7. The van der Waals surface area contributed by atoms with Crippen LogP contribution in [0.3, 0.4) is 0 Å². The molecule has 9 nitrogen and oxygen atoms in total. The Balaban J connectivity index is 0.000000333. The topological polar surface area (TPSA) is 122 Å². The molecule has 2 aliphatic heterocycles. The largest absolute Gasteiger partial charge is 0.490 e. The molecule has 4 rings (SSSR count). The predicted molar refractivity (Wildman–Crippen MR) is 123 cm³/mol. The number of pyridine rings is 2. The average molecular weight is 585 g/mol. The molecule has 0 aliphatic carbocycles. The summed E-state index contributed by atoms with van der Waals surface area (Å²) in [6, 6.07) is 7.06. The molecule has 2 atom stereocenters. The maximum absolute atomic E-state index is 13.9. The van der Waals surface area contributed by atoms with Gasteiger partial charge in [-0.05, 0) is 49.1 Å². The van der Waals surface area contributed by atoms with Gasteiger partial charge in [-0.2, -0.15) is 26.3 Å². The van der Waals surface area contributed by atoms with E-state index in [0.717, 1.165) is 45.5 Å². The summed E-state index contributed by atoms with van der Waals surface area (Å²) in [4.78, 5) is 28.3. The standard InChI is InChI=1S/C20H24FN3O2.2C2HF3O2/c21-17-3-1-8-23-19(17)26-15-20-7-2-12-25-18(20)6-11-24(14-20)13-16-4-9-22-10-5-16;2*3-2(4,5)1(6)7/h1,3-5,8-10,18H,2,6-7,11-15H2;2*(H,6,7). The molecule has 16 heteroatoms. The molecular weight excluding hydrogens is 559 g/mol. The zero-order chi connectivity index (χ0) is 30.0. The third-order valence-corrected chi connectivity index (χ3v) is 5.93. The van der Waals surface area contributed by atoms with E-state index in [4.69, 9.17) is 29.3 Å². The summed E-state index contributed by atoms with van der Waals surface area (Å²) in [7, 11) is 0. The van der Waals surface area contributed by atoms with Gasteiger partial charge in [0.1, 0.15) is 0 Å². The highest BCUT2D eigenvalue weighted by molar-refractivity contribution is 5.73. The van der Waals surface area contributed by atoms with Crippen molar-refractivity contribution in [2.75, 3.05) is 26.3 Å². The summed E-state index contributed by atoms with van der Waals surface area (Å²) in [6.07, 6.45) is -1.78. The Morgan fingerprint density at radius 2 is 1.65 bits per heavy atom. The molecule has 2 saturated heterocycles. The van der Waals surface area contributed by atoms with Gasteiger partial charge < -0.3 is 19.7 Å². The lowest BCUT2D eigenvalue weighted by molar-refractivity contribution is -0.193. The third kappa shape index (κ3) is 10.2. The van der Waals surface area contributed by atoms with Crippen molar-refractivity contribution in [3.8, 4) is 5.88 Å². The van der Waals surface area contributed by atoms with Crippen LogP contribution in [-0.2, 0) is 20.9 Å². The van der Waals surface area contributed by atoms with E-state index in [-0.39, 0.29) is 17.4 Å². The van der Waals surface area contributed by atoms with E-state index in [0.29, 0.717) is 6.61 Å². The molecular formula is C24H26F7N3O6. The van der Waals surface area contributed by atoms with Gasteiger partial charge in [0.2, 0.25) is 5.88 Å². The second kappa shape index (κ2) is 14.2. The fraction of sp³-hybridized carbons (Fsp3) is 0.500. The second-order valence-electron chi connectivity index (χ2n) is 8.87. The van der Waals surface area contributed by atoms with Crippen LogP contribution >= 0.6 is 0 Å². The number of ether oxygens (including phenoxy) is 2. The van der Waals surface area contributed by atoms with Crippen LogP contribution in [0.25, 0.3) is 0 Å². The summed E-state index contributed by atoms with van der Waals surface area (Å²) in [6.45, 7) is 3.99. The number of likely N-dealkylation sites (tertiary alicyclic amines) is 1. The zero-order valence-electron chi connectivity index (χ0n) is 20.8. The lowest BCUT2D eigenvalue weighted by Gasteiger charge is -2.50. The number of rotatable bonds is 5. The van der Waals surface area contributed by atoms with Crippen LogP contribution in [0.15, 0.2) is 42.9 Å². The number of carbonyl (C=O) groups is 2. The molecule has 2 aromatic heterocycles. The minimum Gasteiger partial charge on any atom is -0.475 e. The number of fused-ring (bicyclic) bond motifs is 1. The van der Waals surface area contributed by atoms with Gasteiger partial charge in [-0.25, -0.2) is 19.0 Å². The van der Waals surface area contributed by atoms with Crippen LogP contribution in [0.5, 0.6) is 5.88 Å². The van der Waals surface area contributed by atoms with Crippen LogP contribution in [0.4, 0.5) is 30.7 Å². The maximum Gasteiger partial charge on any atom is 0.490 e. The third-order valence-electron chi connectivity index (χ3n) is 5.93. The minimum absolute atomic E-state index is 0.0810. The van der Waals surface area contributed by atoms with E-state index in [2.05, 4.69) is 27.0 Å². The zero-order valence-corrected chi connectivity index (χ0v) is 20.8. The number of carboxylic acids is 2. The van der Waals surface area contributed by atoms with Crippen molar-refractivity contribution < 1.29 is 60.0 Å². The van der Waals surface area contributed by atoms with E-state index in [9.17, 15) is 30.7 Å². The molecule has 0 bridgehead atoms. The molecule has 0 radical (unpaired) electrons. The second-order valence-corrected chi connectivity index (χ2v) is 8.87. The molecule has 222 valence electrons. The Morgan fingerprint density at radius 3 is 2.20 bits per heavy atom. The number of nitrogens with zero attached hydrogens (tertiary/aromatic N) is 3. The fourth-order valence-electron chi connectivity index (χ4n) is 4.16. The van der Waals surface area contributed by atoms with Gasteiger partial charge in [-0.1, -0.05) is 0 Å². The first-order valence-electron chi connectivity index (χ1n) is 11.7. The minimum atomic E-state index is -5.08. The van der Waals surface area contributed by atoms with Gasteiger partial charge in [-0.15, -0.1) is 0 Å². The highest BCUT2D eigenvalue weighted by atomic mass is 19.4. The molecule has 0 aromatic carbocycles. The van der Waals surface area contributed by atoms with Crippen molar-refractivity contribution >= 4 is 11.9 Å². The number of piperidine rings is 1. The smallest absolute Gasteiger partial charge is 0.475 e. The van der Waals surface area contributed by atoms with Gasteiger partial charge >= 0.3 is 24.3 Å². The summed E-state index contributed by atoms with van der Waals surface area (Å²) >= 11 is 0. The Kier molecular flexibility index (Phi) is 11.6. The summed E-state index contributed by atoms with van der Waals surface area (Å²) in [5, 5.41) is 14.2. The molecule has 2 fully saturated rings. The lowest BCUT2D eigenvalue weighted by atomic mass is 9.73. The summed E-state index contributed by atoms with van der Waals surface area (Å²) in [5.74, 6) is -5.85.